The Labute approximate surface area is 119 Å². The van der Waals surface area contributed by atoms with Gasteiger partial charge in [-0.2, -0.15) is 0 Å². The fraction of sp³-hybridized carbons (Fsp3) is 0.533. The maximum absolute atomic E-state index is 12.0. The number of rotatable bonds is 6. The predicted octanol–water partition coefficient (Wildman–Crippen LogP) is 0.956. The minimum absolute atomic E-state index is 0.0239. The van der Waals surface area contributed by atoms with Crippen LogP contribution >= 0.6 is 0 Å². The Morgan fingerprint density at radius 2 is 2.25 bits per heavy atom. The smallest absolute Gasteiger partial charge is 0.249 e. The number of methoxy groups -OCH3 is 1. The maximum atomic E-state index is 12.0. The van der Waals surface area contributed by atoms with Gasteiger partial charge in [0.1, 0.15) is 6.10 Å². The summed E-state index contributed by atoms with van der Waals surface area (Å²) in [7, 11) is 1.67. The summed E-state index contributed by atoms with van der Waals surface area (Å²) >= 11 is 0. The number of hydrogen-bond donors (Lipinski definition) is 2. The molecule has 2 atom stereocenters. The van der Waals surface area contributed by atoms with E-state index in [0.717, 1.165) is 24.0 Å². The molecular weight excluding hydrogens is 256 g/mol. The topological polar surface area (TPSA) is 73.6 Å². The number of benzene rings is 1. The van der Waals surface area contributed by atoms with E-state index in [1.54, 1.807) is 7.11 Å². The molecule has 5 heteroatoms. The molecule has 1 aromatic carbocycles. The summed E-state index contributed by atoms with van der Waals surface area (Å²) in [4.78, 5) is 12.0. The minimum atomic E-state index is -0.356. The highest BCUT2D eigenvalue weighted by molar-refractivity contribution is 5.81. The number of carbonyl (C=O) groups excluding carboxylic acids is 1. The van der Waals surface area contributed by atoms with Crippen LogP contribution in [0.15, 0.2) is 24.3 Å². The number of nitrogens with two attached hydrogens (primary N) is 1. The molecule has 0 radical (unpaired) electrons. The lowest BCUT2D eigenvalue weighted by atomic mass is 10.1. The van der Waals surface area contributed by atoms with Crippen LogP contribution in [0.1, 0.15) is 24.0 Å². The third-order valence-corrected chi connectivity index (χ3v) is 3.43. The van der Waals surface area contributed by atoms with Gasteiger partial charge >= 0.3 is 0 Å². The minimum Gasteiger partial charge on any atom is -0.380 e. The van der Waals surface area contributed by atoms with Crippen LogP contribution in [0, 0.1) is 0 Å². The van der Waals surface area contributed by atoms with Crippen LogP contribution < -0.4 is 11.1 Å². The van der Waals surface area contributed by atoms with E-state index in [2.05, 4.69) is 5.32 Å². The van der Waals surface area contributed by atoms with Gasteiger partial charge in [0.15, 0.2) is 0 Å². The standard InChI is InChI=1S/C15H22N2O3/c1-19-10-12-4-2-3-11(7-12)9-17-15(18)14-6-5-13(8-16)20-14/h2-4,7,13-14H,5-6,8-10,16H2,1H3,(H,17,18). The fourth-order valence-electron chi connectivity index (χ4n) is 2.37. The van der Waals surface area contributed by atoms with Gasteiger partial charge in [0.2, 0.25) is 5.91 Å². The summed E-state index contributed by atoms with van der Waals surface area (Å²) < 4.78 is 10.7. The molecule has 0 saturated carbocycles. The largest absolute Gasteiger partial charge is 0.380 e. The van der Waals surface area contributed by atoms with Crippen LogP contribution in [0.5, 0.6) is 0 Å². The third kappa shape index (κ3) is 4.03. The second-order valence-corrected chi connectivity index (χ2v) is 5.03. The molecule has 0 aliphatic carbocycles. The van der Waals surface area contributed by atoms with E-state index in [4.69, 9.17) is 15.2 Å². The lowest BCUT2D eigenvalue weighted by Gasteiger charge is -2.13. The van der Waals surface area contributed by atoms with Crippen molar-refractivity contribution in [1.82, 2.24) is 5.32 Å². The first-order valence-electron chi connectivity index (χ1n) is 6.93. The number of ether oxygens (including phenoxy) is 2. The predicted molar refractivity (Wildman–Crippen MR) is 76.0 cm³/mol. The molecule has 3 N–H and O–H groups in total. The molecule has 0 bridgehead atoms. The van der Waals surface area contributed by atoms with E-state index in [0.29, 0.717) is 19.7 Å². The lowest BCUT2D eigenvalue weighted by Crippen LogP contribution is -2.35. The molecule has 1 heterocycles. The number of carbonyl (C=O) groups is 1. The van der Waals surface area contributed by atoms with Crippen LogP contribution in [0.3, 0.4) is 0 Å². The van der Waals surface area contributed by atoms with E-state index in [9.17, 15) is 4.79 Å². The maximum Gasteiger partial charge on any atom is 0.249 e. The van der Waals surface area contributed by atoms with Gasteiger partial charge in [0.25, 0.3) is 0 Å². The summed E-state index contributed by atoms with van der Waals surface area (Å²) in [6.07, 6.45) is 1.27. The lowest BCUT2D eigenvalue weighted by molar-refractivity contribution is -0.132. The molecule has 2 rings (SSSR count). The normalized spacial score (nSPS) is 21.9. The van der Waals surface area contributed by atoms with Gasteiger partial charge in [-0.15, -0.1) is 0 Å². The summed E-state index contributed by atoms with van der Waals surface area (Å²) in [5.41, 5.74) is 7.69. The molecule has 1 amide bonds. The Kier molecular flexibility index (Phi) is 5.52. The zero-order chi connectivity index (χ0) is 14.4. The first-order valence-corrected chi connectivity index (χ1v) is 6.93. The molecule has 110 valence electrons. The fourth-order valence-corrected chi connectivity index (χ4v) is 2.37. The Morgan fingerprint density at radius 3 is 2.95 bits per heavy atom. The van der Waals surface area contributed by atoms with Crippen LogP contribution in [0.2, 0.25) is 0 Å². The number of hydrogen-bond acceptors (Lipinski definition) is 4. The first-order chi connectivity index (χ1) is 9.72. The third-order valence-electron chi connectivity index (χ3n) is 3.43. The van der Waals surface area contributed by atoms with E-state index in [-0.39, 0.29) is 18.1 Å². The second kappa shape index (κ2) is 7.38. The Balaban J connectivity index is 1.82. The summed E-state index contributed by atoms with van der Waals surface area (Å²) in [6, 6.07) is 7.98. The van der Waals surface area contributed by atoms with Crippen molar-refractivity contribution in [3.63, 3.8) is 0 Å². The Bertz CT molecular complexity index is 450. The summed E-state index contributed by atoms with van der Waals surface area (Å²) in [6.45, 7) is 1.55. The average molecular weight is 278 g/mol. The number of amides is 1. The van der Waals surface area contributed by atoms with E-state index in [1.807, 2.05) is 24.3 Å². The van der Waals surface area contributed by atoms with Gasteiger partial charge < -0.3 is 20.5 Å². The van der Waals surface area contributed by atoms with Crippen molar-refractivity contribution in [1.29, 1.82) is 0 Å². The highest BCUT2D eigenvalue weighted by atomic mass is 16.5. The number of nitrogens with one attached hydrogen (secondary N) is 1. The second-order valence-electron chi connectivity index (χ2n) is 5.03. The van der Waals surface area contributed by atoms with Gasteiger partial charge in [-0.05, 0) is 24.0 Å². The summed E-state index contributed by atoms with van der Waals surface area (Å²) in [5, 5.41) is 2.91. The first kappa shape index (κ1) is 15.0. The van der Waals surface area contributed by atoms with Gasteiger partial charge in [0, 0.05) is 20.2 Å². The molecular formula is C15H22N2O3. The average Bonchev–Trinajstić information content (AvgIpc) is 2.94. The molecule has 0 spiro atoms. The van der Waals surface area contributed by atoms with Crippen molar-refractivity contribution in [3.8, 4) is 0 Å². The molecule has 5 nitrogen and oxygen atoms in total. The van der Waals surface area contributed by atoms with Gasteiger partial charge in [0.05, 0.1) is 12.7 Å². The highest BCUT2D eigenvalue weighted by Crippen LogP contribution is 2.19. The monoisotopic (exact) mass is 278 g/mol. The molecule has 1 aliphatic heterocycles. The zero-order valence-corrected chi connectivity index (χ0v) is 11.8. The molecule has 1 fully saturated rings. The molecule has 1 aliphatic rings. The van der Waals surface area contributed by atoms with Crippen molar-refractivity contribution in [2.45, 2.75) is 38.2 Å². The van der Waals surface area contributed by atoms with Gasteiger partial charge in [-0.25, -0.2) is 0 Å². The SMILES string of the molecule is COCc1cccc(CNC(=O)C2CCC(CN)O2)c1. The van der Waals surface area contributed by atoms with Crippen LogP contribution in [0.25, 0.3) is 0 Å². The highest BCUT2D eigenvalue weighted by Gasteiger charge is 2.29. The van der Waals surface area contributed by atoms with Crippen LogP contribution in [0.4, 0.5) is 0 Å². The van der Waals surface area contributed by atoms with Gasteiger partial charge in [-0.3, -0.25) is 4.79 Å². The van der Waals surface area contributed by atoms with E-state index < -0.39 is 0 Å². The van der Waals surface area contributed by atoms with Crippen molar-refractivity contribution >= 4 is 5.91 Å². The van der Waals surface area contributed by atoms with Gasteiger partial charge in [-0.1, -0.05) is 24.3 Å². The van der Waals surface area contributed by atoms with Crippen molar-refractivity contribution < 1.29 is 14.3 Å². The summed E-state index contributed by atoms with van der Waals surface area (Å²) in [5.74, 6) is -0.0573. The molecule has 2 unspecified atom stereocenters. The Hall–Kier alpha value is -1.43. The van der Waals surface area contributed by atoms with Crippen LogP contribution in [-0.2, 0) is 27.4 Å². The van der Waals surface area contributed by atoms with E-state index in [1.165, 1.54) is 0 Å². The Morgan fingerprint density at radius 1 is 1.45 bits per heavy atom. The van der Waals surface area contributed by atoms with E-state index >= 15 is 0 Å². The molecule has 1 saturated heterocycles. The molecule has 1 aromatic rings. The van der Waals surface area contributed by atoms with Crippen LogP contribution in [-0.4, -0.2) is 31.8 Å². The quantitative estimate of drug-likeness (QED) is 0.812. The molecule has 0 aromatic heterocycles. The zero-order valence-electron chi connectivity index (χ0n) is 11.8. The van der Waals surface area contributed by atoms with Crippen molar-refractivity contribution in [2.24, 2.45) is 5.73 Å². The van der Waals surface area contributed by atoms with Crippen molar-refractivity contribution in [2.75, 3.05) is 13.7 Å². The van der Waals surface area contributed by atoms with Crippen molar-refractivity contribution in [3.05, 3.63) is 35.4 Å². The molecule has 20 heavy (non-hydrogen) atoms.